The second-order valence-corrected chi connectivity index (χ2v) is 6.58. The Kier molecular flexibility index (Phi) is 6.49. The molecule has 0 aliphatic rings. The topological polar surface area (TPSA) is 71.1 Å². The Bertz CT molecular complexity index is 712. The molecule has 2 N–H and O–H groups in total. The van der Waals surface area contributed by atoms with Crippen LogP contribution in [0.4, 0.5) is 5.69 Å². The Hall–Kier alpha value is -2.21. The predicted molar refractivity (Wildman–Crippen MR) is 97.5 cm³/mol. The molecule has 128 valence electrons. The van der Waals surface area contributed by atoms with Gasteiger partial charge in [0.2, 0.25) is 5.91 Å². The van der Waals surface area contributed by atoms with Gasteiger partial charge in [0, 0.05) is 11.4 Å². The van der Waals surface area contributed by atoms with Crippen LogP contribution in [-0.4, -0.2) is 22.8 Å². The Morgan fingerprint density at radius 3 is 2.67 bits per heavy atom. The van der Waals surface area contributed by atoms with Crippen molar-refractivity contribution in [3.63, 3.8) is 0 Å². The quantitative estimate of drug-likeness (QED) is 0.808. The number of para-hydroxylation sites is 1. The number of anilines is 1. The highest BCUT2D eigenvalue weighted by molar-refractivity contribution is 7.09. The average Bonchev–Trinajstić information content (AvgIpc) is 3.02. The van der Waals surface area contributed by atoms with Crippen molar-refractivity contribution in [1.29, 1.82) is 0 Å². The minimum atomic E-state index is -0.179. The molecule has 2 rings (SSSR count). The summed E-state index contributed by atoms with van der Waals surface area (Å²) in [4.78, 5) is 29.0. The maximum atomic E-state index is 12.3. The Morgan fingerprint density at radius 2 is 2.00 bits per heavy atom. The van der Waals surface area contributed by atoms with Crippen LogP contribution < -0.4 is 10.6 Å². The van der Waals surface area contributed by atoms with Crippen molar-refractivity contribution >= 4 is 28.8 Å². The van der Waals surface area contributed by atoms with Crippen LogP contribution >= 0.6 is 11.3 Å². The van der Waals surface area contributed by atoms with E-state index in [-0.39, 0.29) is 24.3 Å². The maximum Gasteiger partial charge on any atom is 0.253 e. The summed E-state index contributed by atoms with van der Waals surface area (Å²) in [5.74, 6) is -0.353. The van der Waals surface area contributed by atoms with Gasteiger partial charge in [0.15, 0.2) is 0 Å². The summed E-state index contributed by atoms with van der Waals surface area (Å²) in [5, 5.41) is 8.66. The molecule has 0 saturated heterocycles. The SMILES string of the molecule is CCc1nc(CC(=O)Nc2ccccc2C(=O)N[C@@H](C)CC)cs1. The molecule has 5 nitrogen and oxygen atoms in total. The lowest BCUT2D eigenvalue weighted by Crippen LogP contribution is -2.32. The van der Waals surface area contributed by atoms with Crippen LogP contribution in [-0.2, 0) is 17.6 Å². The summed E-state index contributed by atoms with van der Waals surface area (Å²) in [6.45, 7) is 6.00. The monoisotopic (exact) mass is 345 g/mol. The lowest BCUT2D eigenvalue weighted by Gasteiger charge is -2.14. The smallest absolute Gasteiger partial charge is 0.253 e. The van der Waals surface area contributed by atoms with Crippen molar-refractivity contribution in [3.05, 3.63) is 45.9 Å². The van der Waals surface area contributed by atoms with E-state index >= 15 is 0 Å². The Labute approximate surface area is 146 Å². The zero-order valence-electron chi connectivity index (χ0n) is 14.3. The number of hydrogen-bond donors (Lipinski definition) is 2. The minimum absolute atomic E-state index is 0.0868. The number of carbonyl (C=O) groups excluding carboxylic acids is 2. The molecule has 0 bridgehead atoms. The van der Waals surface area contributed by atoms with Crippen molar-refractivity contribution in [2.75, 3.05) is 5.32 Å². The van der Waals surface area contributed by atoms with Crippen LogP contribution in [0, 0.1) is 0 Å². The summed E-state index contributed by atoms with van der Waals surface area (Å²) in [5.41, 5.74) is 1.75. The zero-order valence-corrected chi connectivity index (χ0v) is 15.1. The van der Waals surface area contributed by atoms with E-state index < -0.39 is 0 Å². The normalized spacial score (nSPS) is 11.8. The number of nitrogens with zero attached hydrogens (tertiary/aromatic N) is 1. The maximum absolute atomic E-state index is 12.3. The fourth-order valence-corrected chi connectivity index (χ4v) is 2.89. The van der Waals surface area contributed by atoms with E-state index in [2.05, 4.69) is 15.6 Å². The largest absolute Gasteiger partial charge is 0.350 e. The van der Waals surface area contributed by atoms with Crippen LogP contribution in [0.15, 0.2) is 29.6 Å². The molecule has 0 aliphatic heterocycles. The van der Waals surface area contributed by atoms with Gasteiger partial charge in [0.05, 0.1) is 28.4 Å². The highest BCUT2D eigenvalue weighted by Crippen LogP contribution is 2.17. The zero-order chi connectivity index (χ0) is 17.5. The lowest BCUT2D eigenvalue weighted by molar-refractivity contribution is -0.115. The van der Waals surface area contributed by atoms with Crippen molar-refractivity contribution in [1.82, 2.24) is 10.3 Å². The van der Waals surface area contributed by atoms with Gasteiger partial charge in [-0.15, -0.1) is 11.3 Å². The fraction of sp³-hybridized carbons (Fsp3) is 0.389. The highest BCUT2D eigenvalue weighted by atomic mass is 32.1. The molecular weight excluding hydrogens is 322 g/mol. The molecule has 0 radical (unpaired) electrons. The van der Waals surface area contributed by atoms with E-state index in [1.54, 1.807) is 35.6 Å². The minimum Gasteiger partial charge on any atom is -0.350 e. The molecule has 0 unspecified atom stereocenters. The fourth-order valence-electron chi connectivity index (χ4n) is 2.15. The van der Waals surface area contributed by atoms with E-state index in [4.69, 9.17) is 0 Å². The summed E-state index contributed by atoms with van der Waals surface area (Å²) in [7, 11) is 0. The number of aryl methyl sites for hydroxylation is 1. The highest BCUT2D eigenvalue weighted by Gasteiger charge is 2.15. The van der Waals surface area contributed by atoms with Gasteiger partial charge in [-0.25, -0.2) is 4.98 Å². The molecule has 2 aromatic rings. The van der Waals surface area contributed by atoms with Crippen molar-refractivity contribution in [2.24, 2.45) is 0 Å². The molecule has 6 heteroatoms. The second kappa shape index (κ2) is 8.59. The molecule has 2 amide bonds. The van der Waals surface area contributed by atoms with Crippen LogP contribution in [0.25, 0.3) is 0 Å². The summed E-state index contributed by atoms with van der Waals surface area (Å²) < 4.78 is 0. The van der Waals surface area contributed by atoms with Crippen LogP contribution in [0.5, 0.6) is 0 Å². The number of rotatable bonds is 7. The third kappa shape index (κ3) is 4.89. The van der Waals surface area contributed by atoms with Gasteiger partial charge in [0.25, 0.3) is 5.91 Å². The number of carbonyl (C=O) groups is 2. The number of hydrogen-bond acceptors (Lipinski definition) is 4. The first-order chi connectivity index (χ1) is 11.5. The van der Waals surface area contributed by atoms with E-state index in [1.807, 2.05) is 26.2 Å². The lowest BCUT2D eigenvalue weighted by atomic mass is 10.1. The number of nitrogens with one attached hydrogen (secondary N) is 2. The Balaban J connectivity index is 2.06. The van der Waals surface area contributed by atoms with Gasteiger partial charge in [-0.1, -0.05) is 26.0 Å². The molecule has 0 saturated carbocycles. The first-order valence-corrected chi connectivity index (χ1v) is 9.04. The van der Waals surface area contributed by atoms with E-state index in [0.29, 0.717) is 11.3 Å². The van der Waals surface area contributed by atoms with Gasteiger partial charge in [-0.2, -0.15) is 0 Å². The molecule has 1 aromatic carbocycles. The molecular formula is C18H23N3O2S. The third-order valence-corrected chi connectivity index (χ3v) is 4.72. The molecule has 0 fully saturated rings. The number of aromatic nitrogens is 1. The van der Waals surface area contributed by atoms with E-state index in [9.17, 15) is 9.59 Å². The molecule has 0 spiro atoms. The predicted octanol–water partition coefficient (Wildman–Crippen LogP) is 3.42. The Morgan fingerprint density at radius 1 is 1.25 bits per heavy atom. The molecule has 24 heavy (non-hydrogen) atoms. The first kappa shape index (κ1) is 18.1. The van der Waals surface area contributed by atoms with E-state index in [1.165, 1.54) is 0 Å². The van der Waals surface area contributed by atoms with Crippen molar-refractivity contribution < 1.29 is 9.59 Å². The first-order valence-electron chi connectivity index (χ1n) is 8.16. The summed E-state index contributed by atoms with van der Waals surface area (Å²) in [6.07, 6.45) is 1.92. The average molecular weight is 345 g/mol. The molecule has 1 aromatic heterocycles. The second-order valence-electron chi connectivity index (χ2n) is 5.64. The summed E-state index contributed by atoms with van der Waals surface area (Å²) >= 11 is 1.56. The van der Waals surface area contributed by atoms with Gasteiger partial charge < -0.3 is 10.6 Å². The van der Waals surface area contributed by atoms with Crippen LogP contribution in [0.3, 0.4) is 0 Å². The number of amides is 2. The molecule has 1 heterocycles. The van der Waals surface area contributed by atoms with Gasteiger partial charge in [-0.05, 0) is 31.9 Å². The van der Waals surface area contributed by atoms with E-state index in [0.717, 1.165) is 23.5 Å². The van der Waals surface area contributed by atoms with Crippen molar-refractivity contribution in [2.45, 2.75) is 46.1 Å². The number of benzene rings is 1. The molecule has 1 atom stereocenters. The van der Waals surface area contributed by atoms with Crippen LogP contribution in [0.1, 0.15) is 48.3 Å². The standard InChI is InChI=1S/C18H23N3O2S/c1-4-12(3)19-18(23)14-8-6-7-9-15(14)21-16(22)10-13-11-24-17(5-2)20-13/h6-9,11-12H,4-5,10H2,1-3H3,(H,19,23)(H,21,22)/t12-/m0/s1. The van der Waals surface area contributed by atoms with Crippen LogP contribution in [0.2, 0.25) is 0 Å². The van der Waals surface area contributed by atoms with Gasteiger partial charge >= 0.3 is 0 Å². The van der Waals surface area contributed by atoms with Crippen molar-refractivity contribution in [3.8, 4) is 0 Å². The third-order valence-electron chi connectivity index (χ3n) is 3.68. The summed E-state index contributed by atoms with van der Waals surface area (Å²) in [6, 6.07) is 7.12. The van der Waals surface area contributed by atoms with Gasteiger partial charge in [-0.3, -0.25) is 9.59 Å². The van der Waals surface area contributed by atoms with Gasteiger partial charge in [0.1, 0.15) is 0 Å². The number of thiazole rings is 1. The molecule has 0 aliphatic carbocycles.